The minimum absolute atomic E-state index is 0.181. The molecule has 0 rings (SSSR count). The molecule has 0 bridgehead atoms. The van der Waals surface area contributed by atoms with Crippen molar-refractivity contribution in [3.63, 3.8) is 0 Å². The van der Waals surface area contributed by atoms with Crippen LogP contribution in [-0.4, -0.2) is 31.6 Å². The summed E-state index contributed by atoms with van der Waals surface area (Å²) in [6.45, 7) is 5.33. The van der Waals surface area contributed by atoms with Gasteiger partial charge in [0.1, 0.15) is 9.84 Å². The van der Waals surface area contributed by atoms with E-state index in [1.165, 1.54) is 0 Å². The molecule has 11 heavy (non-hydrogen) atoms. The van der Waals surface area contributed by atoms with Crippen molar-refractivity contribution in [1.29, 1.82) is 0 Å². The summed E-state index contributed by atoms with van der Waals surface area (Å²) in [6.07, 6.45) is 0.657. The Kier molecular flexibility index (Phi) is 3.75. The van der Waals surface area contributed by atoms with E-state index in [-0.39, 0.29) is 5.75 Å². The molecular weight excluding hydrogens is 164 g/mol. The highest BCUT2D eigenvalue weighted by Crippen LogP contribution is 2.03. The quantitative estimate of drug-likeness (QED) is 0.632. The normalized spacial score (nSPS) is 14.5. The first-order valence-electron chi connectivity index (χ1n) is 3.31. The monoisotopic (exact) mass is 178 g/mol. The van der Waals surface area contributed by atoms with E-state index in [1.807, 2.05) is 0 Å². The molecule has 0 saturated heterocycles. The third kappa shape index (κ3) is 7.55. The topological polar surface area (TPSA) is 54.4 Å². The number of rotatable bonds is 4. The lowest BCUT2D eigenvalue weighted by atomic mass is 10.2. The van der Waals surface area contributed by atoms with Crippen molar-refractivity contribution in [2.75, 3.05) is 12.0 Å². The summed E-state index contributed by atoms with van der Waals surface area (Å²) in [5.41, 5.74) is 0.793. The summed E-state index contributed by atoms with van der Waals surface area (Å²) < 4.78 is 21.3. The second kappa shape index (κ2) is 3.88. The average molecular weight is 178 g/mol. The average Bonchev–Trinajstić information content (AvgIpc) is 1.53. The van der Waals surface area contributed by atoms with E-state index in [9.17, 15) is 8.42 Å². The molecule has 1 unspecified atom stereocenters. The van der Waals surface area contributed by atoms with Crippen molar-refractivity contribution in [2.24, 2.45) is 0 Å². The number of sulfone groups is 1. The highest BCUT2D eigenvalue weighted by molar-refractivity contribution is 7.90. The summed E-state index contributed by atoms with van der Waals surface area (Å²) in [4.78, 5) is 0. The predicted molar refractivity (Wildman–Crippen MR) is 45.1 cm³/mol. The Bertz CT molecular complexity index is 228. The van der Waals surface area contributed by atoms with Crippen molar-refractivity contribution >= 4 is 9.84 Å². The van der Waals surface area contributed by atoms with Gasteiger partial charge in [-0.2, -0.15) is 0 Å². The number of aliphatic hydroxyl groups excluding tert-OH is 1. The van der Waals surface area contributed by atoms with Crippen molar-refractivity contribution in [1.82, 2.24) is 0 Å². The smallest absolute Gasteiger partial charge is 0.150 e. The minimum atomic E-state index is -3.06. The predicted octanol–water partition coefficient (Wildman–Crippen LogP) is 0.358. The fourth-order valence-electron chi connectivity index (χ4n) is 0.811. The third-order valence-corrected chi connectivity index (χ3v) is 2.07. The van der Waals surface area contributed by atoms with Gasteiger partial charge in [-0.3, -0.25) is 0 Å². The maximum absolute atomic E-state index is 10.6. The molecule has 1 N–H and O–H groups in total. The molecule has 0 aliphatic heterocycles. The van der Waals surface area contributed by atoms with E-state index in [4.69, 9.17) is 5.11 Å². The lowest BCUT2D eigenvalue weighted by molar-refractivity contribution is 0.198. The zero-order chi connectivity index (χ0) is 9.07. The molecule has 0 spiro atoms. The van der Waals surface area contributed by atoms with E-state index in [0.29, 0.717) is 6.42 Å². The first-order valence-corrected chi connectivity index (χ1v) is 5.37. The fraction of sp³-hybridized carbons (Fsp3) is 0.714. The van der Waals surface area contributed by atoms with Gasteiger partial charge in [-0.25, -0.2) is 8.42 Å². The Hall–Kier alpha value is -0.350. The third-order valence-electron chi connectivity index (χ3n) is 1.08. The fourth-order valence-corrected chi connectivity index (χ4v) is 1.63. The Morgan fingerprint density at radius 2 is 2.09 bits per heavy atom. The van der Waals surface area contributed by atoms with Crippen LogP contribution in [0, 0.1) is 0 Å². The van der Waals surface area contributed by atoms with Gasteiger partial charge in [-0.1, -0.05) is 5.57 Å². The van der Waals surface area contributed by atoms with Crippen LogP contribution >= 0.6 is 0 Å². The zero-order valence-corrected chi connectivity index (χ0v) is 7.69. The Balaban J connectivity index is 3.89. The first kappa shape index (κ1) is 10.7. The SMILES string of the molecule is C=C(C)CC(O)CS(C)(=O)=O. The van der Waals surface area contributed by atoms with E-state index in [1.54, 1.807) is 6.92 Å². The summed E-state index contributed by atoms with van der Waals surface area (Å²) in [7, 11) is -3.06. The van der Waals surface area contributed by atoms with Gasteiger partial charge in [0, 0.05) is 6.26 Å². The van der Waals surface area contributed by atoms with Gasteiger partial charge in [-0.05, 0) is 13.3 Å². The lowest BCUT2D eigenvalue weighted by Crippen LogP contribution is -2.19. The van der Waals surface area contributed by atoms with Gasteiger partial charge in [0.15, 0.2) is 0 Å². The number of hydrogen-bond acceptors (Lipinski definition) is 3. The second-order valence-corrected chi connectivity index (χ2v) is 5.09. The number of hydrogen-bond donors (Lipinski definition) is 1. The highest BCUT2D eigenvalue weighted by Gasteiger charge is 2.11. The van der Waals surface area contributed by atoms with Crippen LogP contribution < -0.4 is 0 Å². The molecule has 0 fully saturated rings. The zero-order valence-electron chi connectivity index (χ0n) is 6.87. The molecule has 0 aliphatic rings. The molecule has 4 heteroatoms. The van der Waals surface area contributed by atoms with Gasteiger partial charge in [-0.15, -0.1) is 6.58 Å². The summed E-state index contributed by atoms with van der Waals surface area (Å²) in [5, 5.41) is 9.12. The van der Waals surface area contributed by atoms with Gasteiger partial charge in [0.25, 0.3) is 0 Å². The van der Waals surface area contributed by atoms with Crippen molar-refractivity contribution < 1.29 is 13.5 Å². The first-order chi connectivity index (χ1) is 4.81. The van der Waals surface area contributed by atoms with E-state index in [2.05, 4.69) is 6.58 Å². The van der Waals surface area contributed by atoms with Gasteiger partial charge in [0.05, 0.1) is 11.9 Å². The highest BCUT2D eigenvalue weighted by atomic mass is 32.2. The van der Waals surface area contributed by atoms with Gasteiger partial charge < -0.3 is 5.11 Å². The van der Waals surface area contributed by atoms with Crippen LogP contribution in [0.2, 0.25) is 0 Å². The minimum Gasteiger partial charge on any atom is -0.392 e. The van der Waals surface area contributed by atoms with Crippen molar-refractivity contribution in [3.05, 3.63) is 12.2 Å². The van der Waals surface area contributed by atoms with E-state index < -0.39 is 15.9 Å². The summed E-state index contributed by atoms with van der Waals surface area (Å²) in [5.74, 6) is -0.181. The van der Waals surface area contributed by atoms with Crippen LogP contribution in [0.4, 0.5) is 0 Å². The molecule has 66 valence electrons. The standard InChI is InChI=1S/C7H14O3S/c1-6(2)4-7(8)5-11(3,9)10/h7-8H,1,4-5H2,2-3H3. The van der Waals surface area contributed by atoms with Crippen LogP contribution in [0.1, 0.15) is 13.3 Å². The van der Waals surface area contributed by atoms with Crippen LogP contribution in [0.25, 0.3) is 0 Å². The van der Waals surface area contributed by atoms with Crippen LogP contribution in [-0.2, 0) is 9.84 Å². The molecule has 3 nitrogen and oxygen atoms in total. The molecule has 0 aromatic carbocycles. The Labute approximate surface area is 67.7 Å². The largest absolute Gasteiger partial charge is 0.392 e. The van der Waals surface area contributed by atoms with Gasteiger partial charge >= 0.3 is 0 Å². The molecule has 0 saturated carbocycles. The molecule has 0 amide bonds. The summed E-state index contributed by atoms with van der Waals surface area (Å²) >= 11 is 0. The van der Waals surface area contributed by atoms with Crippen LogP contribution in [0.15, 0.2) is 12.2 Å². The maximum atomic E-state index is 10.6. The second-order valence-electron chi connectivity index (χ2n) is 2.91. The molecule has 1 atom stereocenters. The molecule has 0 heterocycles. The van der Waals surface area contributed by atoms with Crippen LogP contribution in [0.5, 0.6) is 0 Å². The maximum Gasteiger partial charge on any atom is 0.150 e. The number of aliphatic hydroxyl groups is 1. The van der Waals surface area contributed by atoms with E-state index in [0.717, 1.165) is 11.8 Å². The van der Waals surface area contributed by atoms with Crippen molar-refractivity contribution in [3.8, 4) is 0 Å². The Morgan fingerprint density at radius 3 is 2.36 bits per heavy atom. The lowest BCUT2D eigenvalue weighted by Gasteiger charge is -2.07. The molecule has 0 aromatic rings. The Morgan fingerprint density at radius 1 is 1.64 bits per heavy atom. The molecule has 0 aliphatic carbocycles. The molecule has 0 aromatic heterocycles. The molecule has 0 radical (unpaired) electrons. The molecular formula is C7H14O3S. The summed E-state index contributed by atoms with van der Waals surface area (Å²) in [6, 6.07) is 0. The van der Waals surface area contributed by atoms with E-state index >= 15 is 0 Å². The van der Waals surface area contributed by atoms with Crippen LogP contribution in [0.3, 0.4) is 0 Å². The van der Waals surface area contributed by atoms with Gasteiger partial charge in [0.2, 0.25) is 0 Å². The van der Waals surface area contributed by atoms with Crippen molar-refractivity contribution in [2.45, 2.75) is 19.4 Å².